The van der Waals surface area contributed by atoms with Gasteiger partial charge in [-0.3, -0.25) is 0 Å². The quantitative estimate of drug-likeness (QED) is 0.812. The summed E-state index contributed by atoms with van der Waals surface area (Å²) in [6, 6.07) is 5.80. The van der Waals surface area contributed by atoms with Crippen molar-refractivity contribution in [1.82, 2.24) is 4.98 Å². The van der Waals surface area contributed by atoms with Gasteiger partial charge in [0.1, 0.15) is 11.2 Å². The van der Waals surface area contributed by atoms with Crippen LogP contribution in [0.1, 0.15) is 10.5 Å². The Morgan fingerprint density at radius 2 is 2.00 bits per heavy atom. The molecule has 0 aliphatic heterocycles. The van der Waals surface area contributed by atoms with E-state index in [9.17, 15) is 9.18 Å². The van der Waals surface area contributed by atoms with Gasteiger partial charge in [0.15, 0.2) is 5.82 Å². The summed E-state index contributed by atoms with van der Waals surface area (Å²) in [4.78, 5) is 14.3. The van der Waals surface area contributed by atoms with Gasteiger partial charge in [-0.15, -0.1) is 0 Å². The van der Waals surface area contributed by atoms with Crippen molar-refractivity contribution >= 4 is 28.5 Å². The zero-order chi connectivity index (χ0) is 11.0. The van der Waals surface area contributed by atoms with Crippen molar-refractivity contribution < 1.29 is 14.3 Å². The van der Waals surface area contributed by atoms with Gasteiger partial charge in [0.2, 0.25) is 0 Å². The van der Waals surface area contributed by atoms with Gasteiger partial charge in [0, 0.05) is 5.39 Å². The molecule has 0 amide bonds. The second-order valence-corrected chi connectivity index (χ2v) is 3.34. The minimum atomic E-state index is -1.20. The molecule has 76 valence electrons. The molecule has 1 N–H and O–H groups in total. The van der Waals surface area contributed by atoms with Gasteiger partial charge in [-0.1, -0.05) is 23.7 Å². The summed E-state index contributed by atoms with van der Waals surface area (Å²) >= 11 is 5.56. The fourth-order valence-electron chi connectivity index (χ4n) is 1.25. The maximum absolute atomic E-state index is 13.5. The lowest BCUT2D eigenvalue weighted by atomic mass is 10.2. The van der Waals surface area contributed by atoms with Crippen molar-refractivity contribution in [3.05, 3.63) is 40.8 Å². The third-order valence-corrected chi connectivity index (χ3v) is 2.26. The molecule has 0 fully saturated rings. The highest BCUT2D eigenvalue weighted by Gasteiger charge is 2.10. The van der Waals surface area contributed by atoms with Crippen LogP contribution in [-0.4, -0.2) is 16.1 Å². The van der Waals surface area contributed by atoms with E-state index in [1.165, 1.54) is 18.2 Å². The molecule has 1 aromatic carbocycles. The van der Waals surface area contributed by atoms with Gasteiger partial charge in [-0.05, 0) is 12.1 Å². The molecule has 0 saturated carbocycles. The third kappa shape index (κ3) is 1.64. The SMILES string of the molecule is O=C(O)c1ccc2ccc(Cl)c(F)c2n1. The van der Waals surface area contributed by atoms with Crippen LogP contribution in [0.4, 0.5) is 4.39 Å². The molecule has 0 aliphatic rings. The summed E-state index contributed by atoms with van der Waals surface area (Å²) in [6.07, 6.45) is 0. The number of pyridine rings is 1. The Hall–Kier alpha value is -1.68. The standard InChI is InChI=1S/C10H5ClFNO2/c11-6-3-1-5-2-4-7(10(14)15)13-9(5)8(6)12/h1-4H,(H,14,15). The maximum Gasteiger partial charge on any atom is 0.354 e. The average molecular weight is 226 g/mol. The van der Waals surface area contributed by atoms with Crippen LogP contribution in [0.2, 0.25) is 5.02 Å². The summed E-state index contributed by atoms with van der Waals surface area (Å²) < 4.78 is 13.5. The Morgan fingerprint density at radius 3 is 2.67 bits per heavy atom. The monoisotopic (exact) mass is 225 g/mol. The fraction of sp³-hybridized carbons (Fsp3) is 0. The number of benzene rings is 1. The topological polar surface area (TPSA) is 50.2 Å². The first-order chi connectivity index (χ1) is 7.09. The number of carboxylic acids is 1. The number of fused-ring (bicyclic) bond motifs is 1. The van der Waals surface area contributed by atoms with Gasteiger partial charge < -0.3 is 5.11 Å². The molecule has 0 aliphatic carbocycles. The summed E-state index contributed by atoms with van der Waals surface area (Å²) in [5.74, 6) is -1.89. The predicted molar refractivity (Wildman–Crippen MR) is 53.7 cm³/mol. The molecule has 1 heterocycles. The molecule has 1 aromatic heterocycles. The van der Waals surface area contributed by atoms with Gasteiger partial charge in [-0.25, -0.2) is 14.2 Å². The summed E-state index contributed by atoms with van der Waals surface area (Å²) in [5, 5.41) is 9.13. The van der Waals surface area contributed by atoms with Crippen LogP contribution in [-0.2, 0) is 0 Å². The van der Waals surface area contributed by atoms with Gasteiger partial charge in [0.05, 0.1) is 5.02 Å². The van der Waals surface area contributed by atoms with Crippen LogP contribution in [0.25, 0.3) is 10.9 Å². The molecule has 0 saturated heterocycles. The first kappa shape index (κ1) is 9.86. The summed E-state index contributed by atoms with van der Waals surface area (Å²) in [7, 11) is 0. The molecule has 15 heavy (non-hydrogen) atoms. The number of halogens is 2. The van der Waals surface area contributed by atoms with Crippen LogP contribution in [0, 0.1) is 5.82 Å². The van der Waals surface area contributed by atoms with E-state index >= 15 is 0 Å². The van der Waals surface area contributed by atoms with Gasteiger partial charge >= 0.3 is 5.97 Å². The molecule has 0 radical (unpaired) electrons. The Balaban J connectivity index is 2.79. The lowest BCUT2D eigenvalue weighted by Crippen LogP contribution is -2.00. The highest BCUT2D eigenvalue weighted by Crippen LogP contribution is 2.23. The first-order valence-electron chi connectivity index (χ1n) is 4.07. The Bertz CT molecular complexity index is 556. The first-order valence-corrected chi connectivity index (χ1v) is 4.45. The lowest BCUT2D eigenvalue weighted by Gasteiger charge is -2.01. The molecule has 2 aromatic rings. The Morgan fingerprint density at radius 1 is 1.33 bits per heavy atom. The number of aromatic carboxylic acids is 1. The van der Waals surface area contributed by atoms with E-state index in [4.69, 9.17) is 16.7 Å². The molecule has 0 bridgehead atoms. The normalized spacial score (nSPS) is 10.5. The highest BCUT2D eigenvalue weighted by molar-refractivity contribution is 6.31. The van der Waals surface area contributed by atoms with Crippen molar-refractivity contribution in [1.29, 1.82) is 0 Å². The smallest absolute Gasteiger partial charge is 0.354 e. The number of carbonyl (C=O) groups is 1. The van der Waals surface area contributed by atoms with Crippen LogP contribution in [0.5, 0.6) is 0 Å². The van der Waals surface area contributed by atoms with Crippen LogP contribution >= 0.6 is 11.6 Å². The van der Waals surface area contributed by atoms with Crippen molar-refractivity contribution in [3.63, 3.8) is 0 Å². The van der Waals surface area contributed by atoms with Crippen LogP contribution in [0.3, 0.4) is 0 Å². The highest BCUT2D eigenvalue weighted by atomic mass is 35.5. The molecule has 2 rings (SSSR count). The van der Waals surface area contributed by atoms with E-state index in [1.807, 2.05) is 0 Å². The molecule has 0 unspecified atom stereocenters. The molecular formula is C10H5ClFNO2. The minimum Gasteiger partial charge on any atom is -0.477 e. The van der Waals surface area contributed by atoms with Gasteiger partial charge in [0.25, 0.3) is 0 Å². The van der Waals surface area contributed by atoms with E-state index in [2.05, 4.69) is 4.98 Å². The van der Waals surface area contributed by atoms with Crippen molar-refractivity contribution in [3.8, 4) is 0 Å². The third-order valence-electron chi connectivity index (χ3n) is 1.97. The van der Waals surface area contributed by atoms with E-state index in [0.29, 0.717) is 5.39 Å². The second-order valence-electron chi connectivity index (χ2n) is 2.93. The van der Waals surface area contributed by atoms with Crippen molar-refractivity contribution in [2.75, 3.05) is 0 Å². The fourth-order valence-corrected chi connectivity index (χ4v) is 1.40. The number of carboxylic acid groups (broad SMARTS) is 1. The number of hydrogen-bond acceptors (Lipinski definition) is 2. The number of rotatable bonds is 1. The Labute approximate surface area is 89.1 Å². The van der Waals surface area contributed by atoms with E-state index < -0.39 is 11.8 Å². The minimum absolute atomic E-state index is 0.0256. The molecule has 5 heteroatoms. The van der Waals surface area contributed by atoms with E-state index in [1.54, 1.807) is 6.07 Å². The number of nitrogens with zero attached hydrogens (tertiary/aromatic N) is 1. The van der Waals surface area contributed by atoms with E-state index in [0.717, 1.165) is 0 Å². The second kappa shape index (κ2) is 3.47. The maximum atomic E-state index is 13.5. The zero-order valence-corrected chi connectivity index (χ0v) is 8.12. The average Bonchev–Trinajstić information content (AvgIpc) is 2.23. The van der Waals surface area contributed by atoms with Crippen molar-refractivity contribution in [2.24, 2.45) is 0 Å². The largest absolute Gasteiger partial charge is 0.477 e. The Kier molecular flexibility index (Phi) is 2.28. The molecule has 0 spiro atoms. The molecular weight excluding hydrogens is 221 g/mol. The molecule has 0 atom stereocenters. The molecule has 3 nitrogen and oxygen atoms in total. The number of hydrogen-bond donors (Lipinski definition) is 1. The van der Waals surface area contributed by atoms with Gasteiger partial charge in [-0.2, -0.15) is 0 Å². The summed E-state index contributed by atoms with van der Waals surface area (Å²) in [6.45, 7) is 0. The van der Waals surface area contributed by atoms with E-state index in [-0.39, 0.29) is 16.2 Å². The summed E-state index contributed by atoms with van der Waals surface area (Å²) in [5.41, 5.74) is -0.230. The van der Waals surface area contributed by atoms with Crippen LogP contribution in [0.15, 0.2) is 24.3 Å². The lowest BCUT2D eigenvalue weighted by molar-refractivity contribution is 0.0691. The predicted octanol–water partition coefficient (Wildman–Crippen LogP) is 2.73. The number of aromatic nitrogens is 1. The van der Waals surface area contributed by atoms with Crippen molar-refractivity contribution in [2.45, 2.75) is 0 Å². The zero-order valence-electron chi connectivity index (χ0n) is 7.37. The van der Waals surface area contributed by atoms with Crippen LogP contribution < -0.4 is 0 Å².